The van der Waals surface area contributed by atoms with E-state index in [-0.39, 0.29) is 5.97 Å². The molecule has 0 saturated heterocycles. The summed E-state index contributed by atoms with van der Waals surface area (Å²) in [5, 5.41) is 1.09. The van der Waals surface area contributed by atoms with Crippen LogP contribution in [0.25, 0.3) is 16.6 Å². The highest BCUT2D eigenvalue weighted by Crippen LogP contribution is 2.20. The molecule has 0 aliphatic heterocycles. The lowest BCUT2D eigenvalue weighted by molar-refractivity contribution is -0.143. The minimum atomic E-state index is -0.170. The molecule has 0 aliphatic carbocycles. The molecule has 2 aromatic rings. The Balaban J connectivity index is 2.17. The number of benzene rings is 1. The Hall–Kier alpha value is -2.23. The first kappa shape index (κ1) is 13.2. The predicted octanol–water partition coefficient (Wildman–Crippen LogP) is 2.52. The summed E-state index contributed by atoms with van der Waals surface area (Å²) < 4.78 is 6.96. The number of aromatic nitrogens is 1. The zero-order valence-electron chi connectivity index (χ0n) is 11.1. The minimum absolute atomic E-state index is 0.170. The van der Waals surface area contributed by atoms with Crippen LogP contribution in [0.1, 0.15) is 18.9 Å². The molecular formula is C15H18N2O2. The second-order valence-corrected chi connectivity index (χ2v) is 4.36. The zero-order chi connectivity index (χ0) is 13.8. The second-order valence-electron chi connectivity index (χ2n) is 4.36. The van der Waals surface area contributed by atoms with Gasteiger partial charge in [0.1, 0.15) is 0 Å². The Kier molecular flexibility index (Phi) is 3.90. The number of aryl methyl sites for hydroxylation is 1. The minimum Gasteiger partial charge on any atom is -0.466 e. The molecule has 0 atom stereocenters. The summed E-state index contributed by atoms with van der Waals surface area (Å²) >= 11 is 0. The predicted molar refractivity (Wildman–Crippen MR) is 76.4 cm³/mol. The van der Waals surface area contributed by atoms with Crippen molar-refractivity contribution in [1.82, 2.24) is 4.57 Å². The van der Waals surface area contributed by atoms with Crippen LogP contribution in [0.4, 0.5) is 0 Å². The molecule has 1 heterocycles. The summed E-state index contributed by atoms with van der Waals surface area (Å²) in [6.07, 6.45) is 2.34. The molecule has 19 heavy (non-hydrogen) atoms. The Labute approximate surface area is 112 Å². The van der Waals surface area contributed by atoms with Gasteiger partial charge >= 0.3 is 5.97 Å². The van der Waals surface area contributed by atoms with Gasteiger partial charge in [0, 0.05) is 29.3 Å². The highest BCUT2D eigenvalue weighted by molar-refractivity contribution is 5.84. The SMILES string of the molecule is C=C(N)c1ccc2c(ccn2CCC(=O)OCC)c1. The van der Waals surface area contributed by atoms with E-state index in [1.807, 2.05) is 42.0 Å². The maximum absolute atomic E-state index is 11.4. The first-order chi connectivity index (χ1) is 9.11. The summed E-state index contributed by atoms with van der Waals surface area (Å²) in [4.78, 5) is 11.4. The van der Waals surface area contributed by atoms with E-state index in [4.69, 9.17) is 10.5 Å². The van der Waals surface area contributed by atoms with Gasteiger partial charge in [-0.15, -0.1) is 0 Å². The standard InChI is InChI=1S/C15H18N2O2/c1-3-19-15(18)7-9-17-8-6-13-10-12(11(2)16)4-5-14(13)17/h4-6,8,10H,2-3,7,9,16H2,1H3. The molecule has 0 bridgehead atoms. The number of rotatable bonds is 5. The van der Waals surface area contributed by atoms with E-state index in [0.29, 0.717) is 25.3 Å². The molecule has 0 amide bonds. The molecule has 0 saturated carbocycles. The Bertz CT molecular complexity index is 614. The van der Waals surface area contributed by atoms with Crippen molar-refractivity contribution in [2.75, 3.05) is 6.61 Å². The summed E-state index contributed by atoms with van der Waals surface area (Å²) in [6, 6.07) is 7.94. The Morgan fingerprint density at radius 2 is 2.21 bits per heavy atom. The fraction of sp³-hybridized carbons (Fsp3) is 0.267. The topological polar surface area (TPSA) is 57.2 Å². The van der Waals surface area contributed by atoms with Crippen LogP contribution >= 0.6 is 0 Å². The quantitative estimate of drug-likeness (QED) is 0.838. The van der Waals surface area contributed by atoms with Gasteiger partial charge in [-0.3, -0.25) is 4.79 Å². The second kappa shape index (κ2) is 5.61. The molecule has 4 heteroatoms. The van der Waals surface area contributed by atoms with Gasteiger partial charge in [0.2, 0.25) is 0 Å². The summed E-state index contributed by atoms with van der Waals surface area (Å²) in [5.41, 5.74) is 8.24. The third kappa shape index (κ3) is 2.96. The van der Waals surface area contributed by atoms with E-state index in [1.54, 1.807) is 0 Å². The van der Waals surface area contributed by atoms with Crippen LogP contribution in [0.3, 0.4) is 0 Å². The van der Waals surface area contributed by atoms with Crippen molar-refractivity contribution in [3.63, 3.8) is 0 Å². The monoisotopic (exact) mass is 258 g/mol. The molecule has 0 aliphatic rings. The summed E-state index contributed by atoms with van der Waals surface area (Å²) in [6.45, 7) is 6.58. The van der Waals surface area contributed by atoms with Gasteiger partial charge in [0.25, 0.3) is 0 Å². The van der Waals surface area contributed by atoms with Crippen molar-refractivity contribution in [3.05, 3.63) is 42.6 Å². The van der Waals surface area contributed by atoms with Crippen LogP contribution < -0.4 is 5.73 Å². The van der Waals surface area contributed by atoms with E-state index in [2.05, 4.69) is 6.58 Å². The lowest BCUT2D eigenvalue weighted by Gasteiger charge is -2.06. The Morgan fingerprint density at radius 1 is 1.42 bits per heavy atom. The van der Waals surface area contributed by atoms with Gasteiger partial charge in [-0.1, -0.05) is 12.6 Å². The van der Waals surface area contributed by atoms with E-state index >= 15 is 0 Å². The van der Waals surface area contributed by atoms with Gasteiger partial charge in [0.15, 0.2) is 0 Å². The molecule has 0 fully saturated rings. The maximum atomic E-state index is 11.4. The van der Waals surface area contributed by atoms with Gasteiger partial charge < -0.3 is 15.0 Å². The van der Waals surface area contributed by atoms with Crippen molar-refractivity contribution in [1.29, 1.82) is 0 Å². The number of nitrogens with two attached hydrogens (primary N) is 1. The molecule has 0 spiro atoms. The lowest BCUT2D eigenvalue weighted by atomic mass is 10.1. The van der Waals surface area contributed by atoms with Gasteiger partial charge in [-0.2, -0.15) is 0 Å². The lowest BCUT2D eigenvalue weighted by Crippen LogP contribution is -2.08. The maximum Gasteiger partial charge on any atom is 0.307 e. The number of carbonyl (C=O) groups excluding carboxylic acids is 1. The number of hydrogen-bond acceptors (Lipinski definition) is 3. The molecule has 0 unspecified atom stereocenters. The van der Waals surface area contributed by atoms with Crippen LogP contribution in [-0.4, -0.2) is 17.1 Å². The van der Waals surface area contributed by atoms with E-state index in [1.165, 1.54) is 0 Å². The van der Waals surface area contributed by atoms with Crippen LogP contribution in [0, 0.1) is 0 Å². The highest BCUT2D eigenvalue weighted by Gasteiger charge is 2.06. The van der Waals surface area contributed by atoms with Gasteiger partial charge in [0.05, 0.1) is 13.0 Å². The number of esters is 1. The molecule has 4 nitrogen and oxygen atoms in total. The largest absolute Gasteiger partial charge is 0.466 e. The smallest absolute Gasteiger partial charge is 0.307 e. The molecule has 100 valence electrons. The van der Waals surface area contributed by atoms with Crippen LogP contribution in [0.15, 0.2) is 37.0 Å². The first-order valence-electron chi connectivity index (χ1n) is 6.31. The third-order valence-electron chi connectivity index (χ3n) is 3.00. The van der Waals surface area contributed by atoms with Crippen molar-refractivity contribution in [3.8, 4) is 0 Å². The molecular weight excluding hydrogens is 240 g/mol. The van der Waals surface area contributed by atoms with Crippen LogP contribution in [-0.2, 0) is 16.1 Å². The van der Waals surface area contributed by atoms with Crippen molar-refractivity contribution >= 4 is 22.6 Å². The molecule has 1 aromatic carbocycles. The number of nitrogens with zero attached hydrogens (tertiary/aromatic N) is 1. The van der Waals surface area contributed by atoms with Gasteiger partial charge in [-0.05, 0) is 30.7 Å². The third-order valence-corrected chi connectivity index (χ3v) is 3.00. The normalized spacial score (nSPS) is 10.6. The molecule has 0 radical (unpaired) electrons. The van der Waals surface area contributed by atoms with E-state index < -0.39 is 0 Å². The van der Waals surface area contributed by atoms with Crippen LogP contribution in [0.2, 0.25) is 0 Å². The van der Waals surface area contributed by atoms with E-state index in [0.717, 1.165) is 16.5 Å². The summed E-state index contributed by atoms with van der Waals surface area (Å²) in [5.74, 6) is -0.170. The number of ether oxygens (including phenoxy) is 1. The molecule has 2 N–H and O–H groups in total. The van der Waals surface area contributed by atoms with E-state index in [9.17, 15) is 4.79 Å². The van der Waals surface area contributed by atoms with Gasteiger partial charge in [-0.25, -0.2) is 0 Å². The highest BCUT2D eigenvalue weighted by atomic mass is 16.5. The van der Waals surface area contributed by atoms with Crippen LogP contribution in [0.5, 0.6) is 0 Å². The number of carbonyl (C=O) groups is 1. The van der Waals surface area contributed by atoms with Crippen molar-refractivity contribution in [2.45, 2.75) is 19.9 Å². The number of fused-ring (bicyclic) bond motifs is 1. The van der Waals surface area contributed by atoms with Crippen molar-refractivity contribution in [2.24, 2.45) is 5.73 Å². The molecule has 2 rings (SSSR count). The fourth-order valence-corrected chi connectivity index (χ4v) is 2.04. The zero-order valence-corrected chi connectivity index (χ0v) is 11.1. The molecule has 1 aromatic heterocycles. The summed E-state index contributed by atoms with van der Waals surface area (Å²) in [7, 11) is 0. The fourth-order valence-electron chi connectivity index (χ4n) is 2.04. The Morgan fingerprint density at radius 3 is 2.89 bits per heavy atom. The first-order valence-corrected chi connectivity index (χ1v) is 6.31. The number of hydrogen-bond donors (Lipinski definition) is 1. The van der Waals surface area contributed by atoms with Crippen molar-refractivity contribution < 1.29 is 9.53 Å². The average Bonchev–Trinajstić information content (AvgIpc) is 2.79. The average molecular weight is 258 g/mol.